The smallest absolute Gasteiger partial charge is 0.169 e. The monoisotopic (exact) mass is 350 g/mol. The number of nitrogens with two attached hydrogens (primary N) is 1. The van der Waals surface area contributed by atoms with Crippen molar-refractivity contribution in [1.29, 1.82) is 15.8 Å². The summed E-state index contributed by atoms with van der Waals surface area (Å²) < 4.78 is 42.8. The molecule has 0 bridgehead atoms. The Hall–Kier alpha value is -4.02. The molecule has 2 aromatic carbocycles. The molecule has 0 atom stereocenters. The van der Waals surface area contributed by atoms with Gasteiger partial charge in [0.15, 0.2) is 11.6 Å². The second kappa shape index (κ2) is 7.70. The van der Waals surface area contributed by atoms with Gasteiger partial charge in [-0.1, -0.05) is 18.2 Å². The number of nitrogens with zero attached hydrogens (tertiary/aromatic N) is 3. The van der Waals surface area contributed by atoms with E-state index in [0.29, 0.717) is 17.3 Å². The van der Waals surface area contributed by atoms with Gasteiger partial charge >= 0.3 is 0 Å². The number of anilines is 1. The van der Waals surface area contributed by atoms with Crippen molar-refractivity contribution in [3.05, 3.63) is 70.0 Å². The van der Waals surface area contributed by atoms with E-state index < -0.39 is 39.7 Å². The van der Waals surface area contributed by atoms with E-state index in [0.717, 1.165) is 6.08 Å². The third-order valence-corrected chi connectivity index (χ3v) is 3.43. The molecule has 2 N–H and O–H groups in total. The summed E-state index contributed by atoms with van der Waals surface area (Å²) in [4.78, 5) is 0. The zero-order chi connectivity index (χ0) is 19.3. The van der Waals surface area contributed by atoms with Crippen LogP contribution in [0.5, 0.6) is 0 Å². The van der Waals surface area contributed by atoms with E-state index in [1.165, 1.54) is 24.3 Å². The molecule has 0 heterocycles. The summed E-state index contributed by atoms with van der Waals surface area (Å²) in [7, 11) is 0. The van der Waals surface area contributed by atoms with Gasteiger partial charge < -0.3 is 5.73 Å². The fourth-order valence-electron chi connectivity index (χ4n) is 2.12. The molecule has 0 saturated heterocycles. The molecule has 26 heavy (non-hydrogen) atoms. The number of nitrogen functional groups attached to an aromatic ring is 1. The molecule has 0 aliphatic carbocycles. The molecule has 0 spiro atoms. The lowest BCUT2D eigenvalue weighted by atomic mass is 9.98. The highest BCUT2D eigenvalue weighted by Crippen LogP contribution is 2.28. The molecule has 4 nitrogen and oxygen atoms in total. The summed E-state index contributed by atoms with van der Waals surface area (Å²) in [6.07, 6.45) is 2.39. The average Bonchev–Trinajstić information content (AvgIpc) is 2.64. The van der Waals surface area contributed by atoms with Gasteiger partial charge in [0.2, 0.25) is 0 Å². The fraction of sp³-hybridized carbons (Fsp3) is 0. The molecule has 0 unspecified atom stereocenters. The Morgan fingerprint density at radius 3 is 2.04 bits per heavy atom. The molecule has 2 rings (SSSR count). The predicted octanol–water partition coefficient (Wildman–Crippen LogP) is 4.18. The first-order valence-corrected chi connectivity index (χ1v) is 7.09. The fourth-order valence-corrected chi connectivity index (χ4v) is 2.12. The summed E-state index contributed by atoms with van der Waals surface area (Å²) in [6, 6.07) is 11.2. The SMILES string of the molecule is N#CC(C#N)=C(C#N)c1cc(F)c(C=Cc2ccc(N)cc2)c(F)c1F. The quantitative estimate of drug-likeness (QED) is 0.388. The third kappa shape index (κ3) is 3.56. The Labute approximate surface area is 147 Å². The first kappa shape index (κ1) is 18.3. The second-order valence-electron chi connectivity index (χ2n) is 5.03. The van der Waals surface area contributed by atoms with Crippen LogP contribution >= 0.6 is 0 Å². The number of halogens is 3. The van der Waals surface area contributed by atoms with Crippen LogP contribution in [0.2, 0.25) is 0 Å². The summed E-state index contributed by atoms with van der Waals surface area (Å²) in [5.74, 6) is -4.20. The van der Waals surface area contributed by atoms with E-state index in [9.17, 15) is 13.2 Å². The van der Waals surface area contributed by atoms with Gasteiger partial charge in [-0.3, -0.25) is 0 Å². The molecular weight excluding hydrogens is 341 g/mol. The molecule has 0 aromatic heterocycles. The van der Waals surface area contributed by atoms with Gasteiger partial charge in [-0.05, 0) is 29.8 Å². The molecule has 0 amide bonds. The number of allylic oxidation sites excluding steroid dienone is 2. The summed E-state index contributed by atoms with van der Waals surface area (Å²) in [6.45, 7) is 0. The predicted molar refractivity (Wildman–Crippen MR) is 89.9 cm³/mol. The zero-order valence-corrected chi connectivity index (χ0v) is 13.1. The van der Waals surface area contributed by atoms with Crippen LogP contribution in [0.1, 0.15) is 16.7 Å². The largest absolute Gasteiger partial charge is 0.399 e. The maximum absolute atomic E-state index is 14.3. The van der Waals surface area contributed by atoms with Crippen LogP contribution in [0.25, 0.3) is 17.7 Å². The van der Waals surface area contributed by atoms with Gasteiger partial charge in [0.25, 0.3) is 0 Å². The minimum Gasteiger partial charge on any atom is -0.399 e. The lowest BCUT2D eigenvalue weighted by molar-refractivity contribution is 0.490. The van der Waals surface area contributed by atoms with Crippen molar-refractivity contribution in [2.24, 2.45) is 0 Å². The Kier molecular flexibility index (Phi) is 5.43. The Morgan fingerprint density at radius 2 is 1.50 bits per heavy atom. The van der Waals surface area contributed by atoms with E-state index in [1.54, 1.807) is 24.3 Å². The third-order valence-electron chi connectivity index (χ3n) is 3.43. The Morgan fingerprint density at radius 1 is 0.885 bits per heavy atom. The van der Waals surface area contributed by atoms with Gasteiger partial charge in [0, 0.05) is 16.8 Å². The van der Waals surface area contributed by atoms with E-state index in [4.69, 9.17) is 21.5 Å². The standard InChI is InChI=1S/C19H9F3N4/c20-17-7-15(16(10-25)12(8-23)9-24)19(22)18(21)14(17)6-3-11-1-4-13(26)5-2-11/h1-7H,26H2. The minimum absolute atomic E-state index is 0.511. The van der Waals surface area contributed by atoms with Crippen LogP contribution in [-0.4, -0.2) is 0 Å². The highest BCUT2D eigenvalue weighted by Gasteiger charge is 2.22. The minimum atomic E-state index is -1.53. The van der Waals surface area contributed by atoms with Crippen molar-refractivity contribution in [3.63, 3.8) is 0 Å². The van der Waals surface area contributed by atoms with Crippen molar-refractivity contribution in [1.82, 2.24) is 0 Å². The van der Waals surface area contributed by atoms with Crippen molar-refractivity contribution < 1.29 is 13.2 Å². The molecule has 0 fully saturated rings. The number of nitriles is 3. The number of hydrogen-bond donors (Lipinski definition) is 1. The van der Waals surface area contributed by atoms with Crippen molar-refractivity contribution in [3.8, 4) is 18.2 Å². The van der Waals surface area contributed by atoms with Gasteiger partial charge in [-0.25, -0.2) is 13.2 Å². The molecule has 126 valence electrons. The molecule has 2 aromatic rings. The van der Waals surface area contributed by atoms with E-state index >= 15 is 0 Å². The summed E-state index contributed by atoms with van der Waals surface area (Å²) >= 11 is 0. The van der Waals surface area contributed by atoms with Crippen LogP contribution in [0.4, 0.5) is 18.9 Å². The van der Waals surface area contributed by atoms with E-state index in [-0.39, 0.29) is 0 Å². The molecule has 0 aliphatic heterocycles. The van der Waals surface area contributed by atoms with Crippen LogP contribution in [0, 0.1) is 51.4 Å². The average molecular weight is 350 g/mol. The topological polar surface area (TPSA) is 97.4 Å². The lowest BCUT2D eigenvalue weighted by Crippen LogP contribution is -2.01. The Bertz CT molecular complexity index is 1030. The van der Waals surface area contributed by atoms with Crippen LogP contribution in [0.15, 0.2) is 35.9 Å². The van der Waals surface area contributed by atoms with Gasteiger partial charge in [-0.2, -0.15) is 15.8 Å². The molecule has 0 aliphatic rings. The molecular formula is C19H9F3N4. The van der Waals surface area contributed by atoms with Gasteiger partial charge in [-0.15, -0.1) is 0 Å². The molecule has 7 heteroatoms. The lowest BCUT2D eigenvalue weighted by Gasteiger charge is -2.07. The van der Waals surface area contributed by atoms with Gasteiger partial charge in [0.1, 0.15) is 29.6 Å². The number of rotatable bonds is 3. The summed E-state index contributed by atoms with van der Waals surface area (Å²) in [5.41, 5.74) is 3.71. The highest BCUT2D eigenvalue weighted by atomic mass is 19.2. The molecule has 0 saturated carbocycles. The second-order valence-corrected chi connectivity index (χ2v) is 5.03. The number of benzene rings is 2. The maximum Gasteiger partial charge on any atom is 0.169 e. The maximum atomic E-state index is 14.3. The normalized spacial score (nSPS) is 10.0. The summed E-state index contributed by atoms with van der Waals surface area (Å²) in [5, 5.41) is 26.6. The zero-order valence-electron chi connectivity index (χ0n) is 13.1. The van der Waals surface area contributed by atoms with E-state index in [1.807, 2.05) is 0 Å². The van der Waals surface area contributed by atoms with Crippen LogP contribution in [-0.2, 0) is 0 Å². The Balaban J connectivity index is 2.57. The van der Waals surface area contributed by atoms with Crippen molar-refractivity contribution in [2.75, 3.05) is 5.73 Å². The van der Waals surface area contributed by atoms with Gasteiger partial charge in [0.05, 0.1) is 5.57 Å². The van der Waals surface area contributed by atoms with Crippen LogP contribution in [0.3, 0.4) is 0 Å². The molecule has 0 radical (unpaired) electrons. The van der Waals surface area contributed by atoms with Crippen molar-refractivity contribution >= 4 is 23.4 Å². The van der Waals surface area contributed by atoms with Crippen LogP contribution < -0.4 is 5.73 Å². The van der Waals surface area contributed by atoms with E-state index in [2.05, 4.69) is 0 Å². The first-order valence-electron chi connectivity index (χ1n) is 7.09. The van der Waals surface area contributed by atoms with Crippen molar-refractivity contribution in [2.45, 2.75) is 0 Å². The first-order chi connectivity index (χ1) is 12.4. The number of hydrogen-bond acceptors (Lipinski definition) is 4. The highest BCUT2D eigenvalue weighted by molar-refractivity contribution is 5.85.